The van der Waals surface area contributed by atoms with E-state index in [0.29, 0.717) is 29.5 Å². The van der Waals surface area contributed by atoms with Crippen LogP contribution in [0.3, 0.4) is 0 Å². The van der Waals surface area contributed by atoms with Crippen LogP contribution in [0.4, 0.5) is 23.2 Å². The SMILES string of the molecule is CN1CCI(Nc2cccc3c2cc(-c2noc(CNC=O)n2)n3CC(F)(F)F)C(F)C1. The molecule has 2 aromatic heterocycles. The standard InChI is InChI=1S/C19H21F4IN6O2/c1-29-6-5-24(16(20)9-29)27-13-3-2-4-14-12(13)7-15(30(14)10-19(21,22)23)18-26-17(32-28-18)8-25-11-31/h2-4,7,11,16,27H,5-6,8-10H2,1H3,(H,25,31). The van der Waals surface area contributed by atoms with E-state index in [-0.39, 0.29) is 24.0 Å². The van der Waals surface area contributed by atoms with Gasteiger partial charge < -0.3 is 0 Å². The van der Waals surface area contributed by atoms with Crippen molar-refractivity contribution in [2.24, 2.45) is 0 Å². The maximum absolute atomic E-state index is 14.6. The minimum absolute atomic E-state index is 0.0272. The van der Waals surface area contributed by atoms with E-state index < -0.39 is 37.0 Å². The summed E-state index contributed by atoms with van der Waals surface area (Å²) in [6, 6.07) is 6.54. The number of anilines is 1. The summed E-state index contributed by atoms with van der Waals surface area (Å²) >= 11 is -2.21. The molecule has 3 aromatic rings. The van der Waals surface area contributed by atoms with Crippen LogP contribution in [0.2, 0.25) is 0 Å². The predicted octanol–water partition coefficient (Wildman–Crippen LogP) is 3.57. The number of fused-ring (bicyclic) bond motifs is 1. The zero-order chi connectivity index (χ0) is 22.9. The Morgan fingerprint density at radius 3 is 2.91 bits per heavy atom. The molecule has 0 radical (unpaired) electrons. The zero-order valence-corrected chi connectivity index (χ0v) is 19.2. The molecule has 0 spiro atoms. The molecule has 174 valence electrons. The molecule has 3 heterocycles. The molecule has 1 atom stereocenters. The number of carbonyl (C=O) groups is 1. The molecule has 8 nitrogen and oxygen atoms in total. The fraction of sp³-hybridized carbons (Fsp3) is 0.421. The van der Waals surface area contributed by atoms with Crippen LogP contribution < -0.4 is 8.85 Å². The molecule has 0 aliphatic carbocycles. The van der Waals surface area contributed by atoms with E-state index in [1.165, 1.54) is 0 Å². The minimum atomic E-state index is -4.48. The number of nitrogens with one attached hydrogen (secondary N) is 2. The Balaban J connectivity index is 1.74. The summed E-state index contributed by atoms with van der Waals surface area (Å²) in [7, 11) is 1.87. The first-order valence-corrected chi connectivity index (χ1v) is 13.5. The van der Waals surface area contributed by atoms with Crippen molar-refractivity contribution in [2.75, 3.05) is 28.1 Å². The molecule has 0 bridgehead atoms. The van der Waals surface area contributed by atoms with E-state index in [2.05, 4.69) is 19.0 Å². The van der Waals surface area contributed by atoms with Crippen molar-refractivity contribution in [3.8, 4) is 11.5 Å². The van der Waals surface area contributed by atoms with Gasteiger partial charge in [0.15, 0.2) is 0 Å². The molecular formula is C19H21F4IN6O2. The van der Waals surface area contributed by atoms with Crippen molar-refractivity contribution in [1.29, 1.82) is 0 Å². The number of benzene rings is 1. The third-order valence-electron chi connectivity index (χ3n) is 4.95. The van der Waals surface area contributed by atoms with Crippen molar-refractivity contribution < 1.29 is 26.9 Å². The summed E-state index contributed by atoms with van der Waals surface area (Å²) in [6.45, 7) is -0.141. The number of amides is 1. The van der Waals surface area contributed by atoms with Gasteiger partial charge in [0, 0.05) is 0 Å². The summed E-state index contributed by atoms with van der Waals surface area (Å²) in [5.41, 5.74) is 1.06. The third kappa shape index (κ3) is 4.98. The number of aromatic nitrogens is 3. The Kier molecular flexibility index (Phi) is 6.55. The predicted molar refractivity (Wildman–Crippen MR) is 119 cm³/mol. The summed E-state index contributed by atoms with van der Waals surface area (Å²) in [4.78, 5) is 16.5. The second kappa shape index (κ2) is 9.21. The number of carbonyl (C=O) groups excluding carboxylic acids is 1. The Hall–Kier alpha value is -2.42. The molecule has 13 heteroatoms. The number of alkyl halides is 6. The Morgan fingerprint density at radius 2 is 2.19 bits per heavy atom. The van der Waals surface area contributed by atoms with Gasteiger partial charge in [-0.2, -0.15) is 0 Å². The zero-order valence-electron chi connectivity index (χ0n) is 17.0. The van der Waals surface area contributed by atoms with Crippen molar-refractivity contribution >= 4 is 43.1 Å². The van der Waals surface area contributed by atoms with Crippen LogP contribution >= 0.6 is 20.1 Å². The van der Waals surface area contributed by atoms with Gasteiger partial charge in [-0.3, -0.25) is 0 Å². The fourth-order valence-electron chi connectivity index (χ4n) is 3.46. The van der Waals surface area contributed by atoms with Crippen LogP contribution in [0.5, 0.6) is 0 Å². The van der Waals surface area contributed by atoms with Crippen LogP contribution in [0, 0.1) is 0 Å². The number of halogens is 5. The van der Waals surface area contributed by atoms with E-state index in [4.69, 9.17) is 4.52 Å². The average molecular weight is 568 g/mol. The monoisotopic (exact) mass is 568 g/mol. The van der Waals surface area contributed by atoms with Gasteiger partial charge in [-0.25, -0.2) is 0 Å². The van der Waals surface area contributed by atoms with Crippen LogP contribution in [0.25, 0.3) is 22.4 Å². The Morgan fingerprint density at radius 1 is 1.38 bits per heavy atom. The van der Waals surface area contributed by atoms with Gasteiger partial charge in [0.1, 0.15) is 0 Å². The molecule has 4 rings (SSSR count). The van der Waals surface area contributed by atoms with E-state index in [9.17, 15) is 22.4 Å². The fourth-order valence-corrected chi connectivity index (χ4v) is 8.45. The number of hydrogen-bond acceptors (Lipinski definition) is 6. The second-order valence-corrected chi connectivity index (χ2v) is 12.5. The number of hydrogen-bond donors (Lipinski definition) is 2. The van der Waals surface area contributed by atoms with Crippen molar-refractivity contribution in [3.05, 3.63) is 30.2 Å². The number of rotatable bonds is 7. The van der Waals surface area contributed by atoms with Gasteiger partial charge in [-0.15, -0.1) is 0 Å². The molecule has 2 N–H and O–H groups in total. The van der Waals surface area contributed by atoms with E-state index in [1.807, 2.05) is 11.9 Å². The van der Waals surface area contributed by atoms with Gasteiger partial charge in [-0.05, 0) is 0 Å². The molecule has 0 saturated carbocycles. The second-order valence-electron chi connectivity index (χ2n) is 7.31. The summed E-state index contributed by atoms with van der Waals surface area (Å²) in [5, 5.41) is 6.68. The summed E-state index contributed by atoms with van der Waals surface area (Å²) in [5.74, 6) is 0.0368. The van der Waals surface area contributed by atoms with Crippen LogP contribution in [0.1, 0.15) is 5.89 Å². The van der Waals surface area contributed by atoms with Gasteiger partial charge in [0.25, 0.3) is 0 Å². The Bertz CT molecular complexity index is 1100. The van der Waals surface area contributed by atoms with Crippen LogP contribution in [0.15, 0.2) is 28.8 Å². The van der Waals surface area contributed by atoms with Crippen molar-refractivity contribution in [3.63, 3.8) is 0 Å². The van der Waals surface area contributed by atoms with Crippen LogP contribution in [-0.2, 0) is 17.9 Å². The molecule has 1 fully saturated rings. The third-order valence-corrected chi connectivity index (χ3v) is 9.89. The average Bonchev–Trinajstić information content (AvgIpc) is 3.33. The van der Waals surface area contributed by atoms with Gasteiger partial charge >= 0.3 is 188 Å². The van der Waals surface area contributed by atoms with Crippen molar-refractivity contribution in [2.45, 2.75) is 23.4 Å². The van der Waals surface area contributed by atoms with E-state index in [1.54, 1.807) is 24.3 Å². The quantitative estimate of drug-likeness (QED) is 0.149. The first-order valence-electron chi connectivity index (χ1n) is 9.67. The molecule has 1 amide bonds. The molecule has 32 heavy (non-hydrogen) atoms. The van der Waals surface area contributed by atoms with Gasteiger partial charge in [0.05, 0.1) is 0 Å². The summed E-state index contributed by atoms with van der Waals surface area (Å²) in [6.07, 6.45) is -4.03. The van der Waals surface area contributed by atoms with E-state index >= 15 is 0 Å². The normalized spacial score (nSPS) is 18.8. The molecule has 1 aromatic carbocycles. The van der Waals surface area contributed by atoms with Gasteiger partial charge in [-0.1, -0.05) is 0 Å². The molecule has 1 aliphatic heterocycles. The number of nitrogens with zero attached hydrogens (tertiary/aromatic N) is 4. The van der Waals surface area contributed by atoms with Gasteiger partial charge in [0.2, 0.25) is 0 Å². The first-order chi connectivity index (χ1) is 15.2. The van der Waals surface area contributed by atoms with Crippen LogP contribution in [-0.4, -0.2) is 60.9 Å². The summed E-state index contributed by atoms with van der Waals surface area (Å²) < 4.78 is 64.0. The molecule has 1 saturated heterocycles. The topological polar surface area (TPSA) is 88.2 Å². The maximum atomic E-state index is 14.6. The molecular weight excluding hydrogens is 547 g/mol. The molecule has 1 unspecified atom stereocenters. The molecule has 1 aliphatic rings. The van der Waals surface area contributed by atoms with Crippen molar-refractivity contribution in [1.82, 2.24) is 24.9 Å². The Labute approximate surface area is 188 Å². The first kappa shape index (κ1) is 22.8. The van der Waals surface area contributed by atoms with E-state index in [0.717, 1.165) is 15.5 Å².